The Bertz CT molecular complexity index is 1930. The van der Waals surface area contributed by atoms with Crippen LogP contribution in [0.3, 0.4) is 0 Å². The van der Waals surface area contributed by atoms with Crippen LogP contribution in [0.5, 0.6) is 0 Å². The fraction of sp³-hybridized carbons (Fsp3) is 0.792. The van der Waals surface area contributed by atoms with Crippen LogP contribution >= 0.6 is 0 Å². The first-order valence-electron chi connectivity index (χ1n) is 24.5. The smallest absolute Gasteiger partial charge is 0.311 e. The van der Waals surface area contributed by atoms with Crippen LogP contribution in [0.1, 0.15) is 136 Å². The van der Waals surface area contributed by atoms with Crippen molar-refractivity contribution in [2.45, 2.75) is 234 Å². The molecule has 1 N–H and O–H groups in total. The monoisotopic (exact) mass is 989 g/mol. The van der Waals surface area contributed by atoms with Gasteiger partial charge in [-0.2, -0.15) is 0 Å². The summed E-state index contributed by atoms with van der Waals surface area (Å²) >= 11 is 0. The fourth-order valence-corrected chi connectivity index (χ4v) is 9.89. The van der Waals surface area contributed by atoms with Crippen molar-refractivity contribution in [3.05, 3.63) is 35.9 Å². The van der Waals surface area contributed by atoms with Crippen LogP contribution in [0.4, 0.5) is 0 Å². The number of ether oxygens (including phenoxy) is 5. The second-order valence-corrected chi connectivity index (χ2v) is 41.1. The Morgan fingerprint density at radius 2 is 1.19 bits per heavy atom. The highest BCUT2D eigenvalue weighted by Gasteiger charge is 2.80. The van der Waals surface area contributed by atoms with Crippen molar-refractivity contribution >= 4 is 42.6 Å². The van der Waals surface area contributed by atoms with Crippen molar-refractivity contribution < 1.29 is 52.0 Å². The summed E-state index contributed by atoms with van der Waals surface area (Å²) in [6.45, 7) is 45.3. The molecule has 14 heteroatoms. The van der Waals surface area contributed by atoms with Crippen LogP contribution in [0.25, 0.3) is 0 Å². The van der Waals surface area contributed by atoms with Gasteiger partial charge in [-0.25, -0.2) is 0 Å². The number of hydrogen-bond acceptors (Lipinski definition) is 11. The Balaban J connectivity index is 2.47. The van der Waals surface area contributed by atoms with E-state index in [9.17, 15) is 19.5 Å². The lowest BCUT2D eigenvalue weighted by atomic mass is 9.75. The molecule has 1 aromatic carbocycles. The van der Waals surface area contributed by atoms with Crippen LogP contribution in [-0.2, 0) is 53.3 Å². The number of carbonyl (C=O) groups excluding carboxylic acids is 3. The Kier molecular flexibility index (Phi) is 17.9. The Morgan fingerprint density at radius 1 is 0.716 bits per heavy atom. The highest BCUT2D eigenvalue weighted by molar-refractivity contribution is 6.83. The molecule has 382 valence electrons. The van der Waals surface area contributed by atoms with E-state index in [1.807, 2.05) is 39.0 Å². The first kappa shape index (κ1) is 59.0. The van der Waals surface area contributed by atoms with E-state index >= 15 is 0 Å². The predicted octanol–water partition coefficient (Wildman–Crippen LogP) is 11.4. The van der Waals surface area contributed by atoms with Gasteiger partial charge in [0.15, 0.2) is 40.0 Å². The number of aliphatic hydroxyl groups is 1. The molecule has 8 atom stereocenters. The van der Waals surface area contributed by atoms with Gasteiger partial charge in [0.2, 0.25) is 5.79 Å². The molecule has 11 nitrogen and oxygen atoms in total. The minimum Gasteiger partial charge on any atom is -0.462 e. The fourth-order valence-electron chi connectivity index (χ4n) is 7.32. The summed E-state index contributed by atoms with van der Waals surface area (Å²) in [6, 6.07) is 10.1. The third kappa shape index (κ3) is 14.2. The summed E-state index contributed by atoms with van der Waals surface area (Å²) < 4.78 is 48.5. The summed E-state index contributed by atoms with van der Waals surface area (Å²) in [7, 11) is -7.46. The van der Waals surface area contributed by atoms with Crippen LogP contribution < -0.4 is 0 Å². The van der Waals surface area contributed by atoms with Gasteiger partial charge >= 0.3 is 17.9 Å². The first-order valence-corrected chi connectivity index (χ1v) is 33.9. The van der Waals surface area contributed by atoms with Crippen molar-refractivity contribution in [1.29, 1.82) is 0 Å². The van der Waals surface area contributed by atoms with Gasteiger partial charge in [0.05, 0.1) is 29.5 Å². The Morgan fingerprint density at radius 3 is 1.66 bits per heavy atom. The molecule has 2 aliphatic rings. The number of benzene rings is 1. The molecule has 2 aliphatic heterocycles. The number of hydrogen-bond donors (Lipinski definition) is 1. The molecule has 3 rings (SSSR count). The molecular weight excluding hydrogens is 897 g/mol. The quantitative estimate of drug-likeness (QED) is 0.0734. The van der Waals surface area contributed by atoms with Gasteiger partial charge in [0, 0.05) is 6.42 Å². The molecule has 2 saturated heterocycles. The summed E-state index contributed by atoms with van der Waals surface area (Å²) in [6.07, 6.45) is -3.04. The number of esters is 3. The lowest BCUT2D eigenvalue weighted by Gasteiger charge is -2.54. The van der Waals surface area contributed by atoms with Crippen molar-refractivity contribution in [2.24, 2.45) is 22.2 Å². The van der Waals surface area contributed by atoms with E-state index in [-0.39, 0.29) is 41.6 Å². The topological polar surface area (TPSA) is 136 Å². The highest BCUT2D eigenvalue weighted by Crippen LogP contribution is 2.58. The maximum absolute atomic E-state index is 14.5. The third-order valence-corrected chi connectivity index (χ3v) is 23.9. The lowest BCUT2D eigenvalue weighted by Crippen LogP contribution is -2.73. The maximum Gasteiger partial charge on any atom is 0.311 e. The number of carbonyl (C=O) groups is 3. The zero-order chi connectivity index (χ0) is 51.8. The summed E-state index contributed by atoms with van der Waals surface area (Å²) in [5.41, 5.74) is -2.39. The van der Waals surface area contributed by atoms with Gasteiger partial charge in [-0.05, 0) is 129 Å². The van der Waals surface area contributed by atoms with E-state index in [1.54, 1.807) is 41.5 Å². The highest BCUT2D eigenvalue weighted by atomic mass is 28.4. The zero-order valence-electron chi connectivity index (χ0n) is 46.0. The molecule has 0 aromatic heterocycles. The molecule has 0 radical (unpaired) electrons. The van der Waals surface area contributed by atoms with Crippen LogP contribution in [0.15, 0.2) is 30.3 Å². The molecule has 2 fully saturated rings. The van der Waals surface area contributed by atoms with E-state index in [0.717, 1.165) is 5.56 Å². The van der Waals surface area contributed by atoms with Gasteiger partial charge in [0.25, 0.3) is 0 Å². The molecule has 0 unspecified atom stereocenters. The van der Waals surface area contributed by atoms with Crippen LogP contribution in [0, 0.1) is 33.6 Å². The maximum atomic E-state index is 14.5. The van der Waals surface area contributed by atoms with E-state index < -0.39 is 94.3 Å². The van der Waals surface area contributed by atoms with Gasteiger partial charge in [-0.1, -0.05) is 104 Å². The van der Waals surface area contributed by atoms with Crippen LogP contribution in [0.2, 0.25) is 55.9 Å². The lowest BCUT2D eigenvalue weighted by molar-refractivity contribution is -0.387. The van der Waals surface area contributed by atoms with Crippen molar-refractivity contribution in [3.8, 4) is 11.5 Å². The van der Waals surface area contributed by atoms with Crippen LogP contribution in [-0.4, -0.2) is 102 Å². The average Bonchev–Trinajstić information content (AvgIpc) is 3.37. The Hall–Kier alpha value is -2.36. The van der Waals surface area contributed by atoms with E-state index in [0.29, 0.717) is 19.3 Å². The van der Waals surface area contributed by atoms with E-state index in [2.05, 4.69) is 118 Å². The SMILES string of the molecule is C[C@H](Cc1ccccc1)[C@@H](CCC[C@]12O[C@H](CO[Si](C)(C)C(C)(C)C)[C@](O)(C#C[Si](C)(C)C)[C@](CO[Si](C)(C)C(C)(C)C)(O1)[C@H](OC(=O)C(C)(C)C)[C@H]2OC(=O)C(C)(C)C)OC(=O)C(C)(C)C. The molecule has 2 bridgehead atoms. The molecule has 0 spiro atoms. The largest absolute Gasteiger partial charge is 0.462 e. The van der Waals surface area contributed by atoms with Gasteiger partial charge < -0.3 is 37.6 Å². The van der Waals surface area contributed by atoms with E-state index in [4.69, 9.17) is 32.5 Å². The standard InChI is InChI=1S/C53H92O11Si3/c1-37(34-38-28-25-24-26-29-38)39(60-43(54)46(2,3)4)30-27-31-53-42(62-45(56)48(8,9)10)41(61-44(55)47(5,6)7)52(64-53,36-59-67(22,23)50(14,15)16)51(57,32-33-65(17,18)19)40(63-53)35-58-66(20,21)49(11,12)13/h24-26,28-29,37,39-42,57H,27,30-31,34-36H2,1-23H3/t37-,39-,40-,41-,42-,51-,52-,53+/m1/s1. The van der Waals surface area contributed by atoms with E-state index in [1.165, 1.54) is 0 Å². The summed E-state index contributed by atoms with van der Waals surface area (Å²) in [5.74, 6) is -0.0710. The zero-order valence-corrected chi connectivity index (χ0v) is 49.0. The molecule has 2 heterocycles. The number of rotatable bonds is 16. The third-order valence-electron chi connectivity index (χ3n) is 14.1. The van der Waals surface area contributed by atoms with Crippen molar-refractivity contribution in [3.63, 3.8) is 0 Å². The van der Waals surface area contributed by atoms with Gasteiger partial charge in [-0.3, -0.25) is 14.4 Å². The molecule has 67 heavy (non-hydrogen) atoms. The average molecular weight is 990 g/mol. The minimum atomic E-state index is -2.67. The predicted molar refractivity (Wildman–Crippen MR) is 275 cm³/mol. The molecule has 1 aromatic rings. The van der Waals surface area contributed by atoms with Gasteiger partial charge in [-0.15, -0.1) is 5.54 Å². The van der Waals surface area contributed by atoms with Crippen molar-refractivity contribution in [1.82, 2.24) is 0 Å². The normalized spacial score (nSPS) is 26.2. The number of fused-ring (bicyclic) bond motifs is 2. The second kappa shape index (κ2) is 20.4. The summed E-state index contributed by atoms with van der Waals surface area (Å²) in [5, 5.41) is 13.4. The molecule has 0 amide bonds. The summed E-state index contributed by atoms with van der Waals surface area (Å²) in [4.78, 5) is 42.5. The van der Waals surface area contributed by atoms with Crippen molar-refractivity contribution in [2.75, 3.05) is 13.2 Å². The van der Waals surface area contributed by atoms with Gasteiger partial charge in [0.1, 0.15) is 20.3 Å². The molecule has 0 saturated carbocycles. The minimum absolute atomic E-state index is 0.0808. The molecule has 0 aliphatic carbocycles. The first-order chi connectivity index (χ1) is 29.9. The second-order valence-electron chi connectivity index (χ2n) is 26.7. The Labute approximate surface area is 409 Å². The molecular formula is C53H92O11Si3.